The highest BCUT2D eigenvalue weighted by Crippen LogP contribution is 2.39. The molecule has 0 spiro atoms. The first-order valence-electron chi connectivity index (χ1n) is 8.81. The fourth-order valence-corrected chi connectivity index (χ4v) is 3.69. The maximum absolute atomic E-state index is 12.9. The van der Waals surface area contributed by atoms with Gasteiger partial charge in [-0.25, -0.2) is 0 Å². The van der Waals surface area contributed by atoms with Crippen molar-refractivity contribution in [1.82, 2.24) is 15.1 Å². The van der Waals surface area contributed by atoms with Gasteiger partial charge in [0.05, 0.1) is 5.69 Å². The summed E-state index contributed by atoms with van der Waals surface area (Å²) >= 11 is 0. The van der Waals surface area contributed by atoms with Crippen LogP contribution in [0.1, 0.15) is 33.1 Å². The number of nitrogens with one attached hydrogen (secondary N) is 2. The third kappa shape index (κ3) is 2.99. The Morgan fingerprint density at radius 3 is 2.37 bits per heavy atom. The summed E-state index contributed by atoms with van der Waals surface area (Å²) in [6, 6.07) is 17.9. The number of rotatable bonds is 3. The predicted molar refractivity (Wildman–Crippen MR) is 103 cm³/mol. The summed E-state index contributed by atoms with van der Waals surface area (Å²) in [5, 5.41) is 10.3. The molecule has 0 saturated carbocycles. The summed E-state index contributed by atoms with van der Waals surface area (Å²) in [5.41, 5.74) is 3.25. The van der Waals surface area contributed by atoms with Gasteiger partial charge in [0.2, 0.25) is 5.91 Å². The van der Waals surface area contributed by atoms with Gasteiger partial charge in [-0.05, 0) is 24.6 Å². The van der Waals surface area contributed by atoms with E-state index in [1.54, 1.807) is 36.0 Å². The van der Waals surface area contributed by atoms with Gasteiger partial charge in [0.15, 0.2) is 0 Å². The van der Waals surface area contributed by atoms with E-state index in [9.17, 15) is 9.59 Å². The SMILES string of the molecule is Cc1nn(C)c2c1[C@H](c1ccccc1)[C@@H](NC(=O)c1ccccc1)C(=O)N2. The van der Waals surface area contributed by atoms with Crippen LogP contribution in [-0.4, -0.2) is 27.6 Å². The Kier molecular flexibility index (Phi) is 4.24. The number of nitrogens with zero attached hydrogens (tertiary/aromatic N) is 2. The Hall–Kier alpha value is -3.41. The maximum Gasteiger partial charge on any atom is 0.251 e. The molecular weight excluding hydrogens is 340 g/mol. The summed E-state index contributed by atoms with van der Waals surface area (Å²) in [6.07, 6.45) is 0. The number of aryl methyl sites for hydroxylation is 2. The lowest BCUT2D eigenvalue weighted by Gasteiger charge is -2.32. The van der Waals surface area contributed by atoms with Crippen LogP contribution in [0.3, 0.4) is 0 Å². The molecule has 6 heteroatoms. The van der Waals surface area contributed by atoms with Crippen LogP contribution in [-0.2, 0) is 11.8 Å². The van der Waals surface area contributed by atoms with Crippen LogP contribution in [0, 0.1) is 6.92 Å². The van der Waals surface area contributed by atoms with Crippen LogP contribution < -0.4 is 10.6 Å². The van der Waals surface area contributed by atoms with Gasteiger partial charge < -0.3 is 10.6 Å². The molecule has 2 aromatic carbocycles. The number of benzene rings is 2. The molecule has 4 rings (SSSR count). The normalized spacial score (nSPS) is 18.5. The molecule has 0 unspecified atom stereocenters. The summed E-state index contributed by atoms with van der Waals surface area (Å²) in [6.45, 7) is 1.92. The molecule has 2 N–H and O–H groups in total. The lowest BCUT2D eigenvalue weighted by Crippen LogP contribution is -2.50. The van der Waals surface area contributed by atoms with Gasteiger partial charge >= 0.3 is 0 Å². The van der Waals surface area contributed by atoms with Crippen molar-refractivity contribution in [3.63, 3.8) is 0 Å². The van der Waals surface area contributed by atoms with Crippen molar-refractivity contribution in [3.05, 3.63) is 83.0 Å². The quantitative estimate of drug-likeness (QED) is 0.754. The van der Waals surface area contributed by atoms with E-state index in [1.807, 2.05) is 43.3 Å². The fraction of sp³-hybridized carbons (Fsp3) is 0.190. The second-order valence-corrected chi connectivity index (χ2v) is 6.67. The van der Waals surface area contributed by atoms with E-state index in [1.165, 1.54) is 0 Å². The van der Waals surface area contributed by atoms with Gasteiger partial charge in [-0.1, -0.05) is 48.5 Å². The second-order valence-electron chi connectivity index (χ2n) is 6.67. The van der Waals surface area contributed by atoms with Crippen molar-refractivity contribution in [1.29, 1.82) is 0 Å². The standard InChI is InChI=1S/C21H20N4O2/c1-13-16-17(14-9-5-3-6-10-14)18(21(27)23-19(16)25(2)24-13)22-20(26)15-11-7-4-8-12-15/h3-12,17-18H,1-2H3,(H,22,26)(H,23,27)/t17-,18+/m0/s1. The predicted octanol–water partition coefficient (Wildman–Crippen LogP) is 2.61. The molecule has 1 aromatic heterocycles. The van der Waals surface area contributed by atoms with E-state index >= 15 is 0 Å². The van der Waals surface area contributed by atoms with Crippen molar-refractivity contribution in [2.45, 2.75) is 18.9 Å². The average molecular weight is 360 g/mol. The van der Waals surface area contributed by atoms with Crippen LogP contribution in [0.25, 0.3) is 0 Å². The Morgan fingerprint density at radius 1 is 1.07 bits per heavy atom. The number of fused-ring (bicyclic) bond motifs is 1. The Labute approximate surface area is 157 Å². The smallest absolute Gasteiger partial charge is 0.251 e. The highest BCUT2D eigenvalue weighted by Gasteiger charge is 2.41. The van der Waals surface area contributed by atoms with Crippen LogP contribution in [0.2, 0.25) is 0 Å². The number of hydrogen-bond acceptors (Lipinski definition) is 3. The van der Waals surface area contributed by atoms with E-state index < -0.39 is 6.04 Å². The first-order chi connectivity index (χ1) is 13.1. The van der Waals surface area contributed by atoms with Crippen molar-refractivity contribution in [3.8, 4) is 0 Å². The zero-order valence-electron chi connectivity index (χ0n) is 15.1. The van der Waals surface area contributed by atoms with Gasteiger partial charge in [0.25, 0.3) is 5.91 Å². The van der Waals surface area contributed by atoms with E-state index in [4.69, 9.17) is 0 Å². The van der Waals surface area contributed by atoms with Crippen LogP contribution in [0.15, 0.2) is 60.7 Å². The van der Waals surface area contributed by atoms with Crippen molar-refractivity contribution < 1.29 is 9.59 Å². The van der Waals surface area contributed by atoms with Crippen molar-refractivity contribution in [2.75, 3.05) is 5.32 Å². The summed E-state index contributed by atoms with van der Waals surface area (Å²) in [7, 11) is 1.80. The molecule has 136 valence electrons. The molecule has 0 fully saturated rings. The van der Waals surface area contributed by atoms with Gasteiger partial charge in [-0.3, -0.25) is 14.3 Å². The van der Waals surface area contributed by atoms with Crippen LogP contribution in [0.4, 0.5) is 5.82 Å². The number of hydrogen-bond donors (Lipinski definition) is 2. The highest BCUT2D eigenvalue weighted by molar-refractivity contribution is 6.03. The van der Waals surface area contributed by atoms with Crippen LogP contribution in [0.5, 0.6) is 0 Å². The zero-order chi connectivity index (χ0) is 19.0. The maximum atomic E-state index is 12.9. The molecule has 0 bridgehead atoms. The van der Waals surface area contributed by atoms with Gasteiger partial charge in [0, 0.05) is 24.1 Å². The zero-order valence-corrected chi connectivity index (χ0v) is 15.1. The topological polar surface area (TPSA) is 76.0 Å². The number of aromatic nitrogens is 2. The second kappa shape index (κ2) is 6.72. The molecule has 1 aliphatic heterocycles. The van der Waals surface area contributed by atoms with Gasteiger partial charge in [0.1, 0.15) is 11.9 Å². The van der Waals surface area contributed by atoms with E-state index in [0.29, 0.717) is 11.4 Å². The molecular formula is C21H20N4O2. The largest absolute Gasteiger partial charge is 0.339 e. The van der Waals surface area contributed by atoms with Gasteiger partial charge in [-0.15, -0.1) is 0 Å². The molecule has 2 heterocycles. The Balaban J connectivity index is 1.78. The first kappa shape index (κ1) is 17.0. The minimum atomic E-state index is -0.726. The van der Waals surface area contributed by atoms with Crippen molar-refractivity contribution >= 4 is 17.6 Å². The third-order valence-corrected chi connectivity index (χ3v) is 4.92. The number of anilines is 1. The minimum Gasteiger partial charge on any atom is -0.339 e. The van der Waals surface area contributed by atoms with E-state index in [-0.39, 0.29) is 17.7 Å². The molecule has 0 saturated heterocycles. The average Bonchev–Trinajstić information content (AvgIpc) is 2.97. The lowest BCUT2D eigenvalue weighted by molar-refractivity contribution is -0.118. The highest BCUT2D eigenvalue weighted by atomic mass is 16.2. The molecule has 0 radical (unpaired) electrons. The minimum absolute atomic E-state index is 0.247. The summed E-state index contributed by atoms with van der Waals surface area (Å²) in [5.74, 6) is -0.154. The number of carbonyl (C=O) groups is 2. The number of carbonyl (C=O) groups excluding carboxylic acids is 2. The molecule has 1 aliphatic rings. The third-order valence-electron chi connectivity index (χ3n) is 4.92. The molecule has 27 heavy (non-hydrogen) atoms. The molecule has 2 amide bonds. The fourth-order valence-electron chi connectivity index (χ4n) is 3.69. The van der Waals surface area contributed by atoms with E-state index in [2.05, 4.69) is 15.7 Å². The molecule has 2 atom stereocenters. The molecule has 0 aliphatic carbocycles. The Morgan fingerprint density at radius 2 is 1.70 bits per heavy atom. The molecule has 6 nitrogen and oxygen atoms in total. The lowest BCUT2D eigenvalue weighted by atomic mass is 9.82. The van der Waals surface area contributed by atoms with Crippen molar-refractivity contribution in [2.24, 2.45) is 7.05 Å². The first-order valence-corrected chi connectivity index (χ1v) is 8.81. The number of amides is 2. The van der Waals surface area contributed by atoms with E-state index in [0.717, 1.165) is 16.8 Å². The summed E-state index contributed by atoms with van der Waals surface area (Å²) < 4.78 is 1.67. The Bertz CT molecular complexity index is 996. The summed E-state index contributed by atoms with van der Waals surface area (Å²) in [4.78, 5) is 25.6. The van der Waals surface area contributed by atoms with Gasteiger partial charge in [-0.2, -0.15) is 5.10 Å². The monoisotopic (exact) mass is 360 g/mol. The molecule has 3 aromatic rings. The van der Waals surface area contributed by atoms with Crippen LogP contribution >= 0.6 is 0 Å².